The Bertz CT molecular complexity index is 712. The minimum atomic E-state index is -0.0320. The van der Waals surface area contributed by atoms with Crippen LogP contribution in [0.25, 0.3) is 0 Å². The maximum absolute atomic E-state index is 6.54. The summed E-state index contributed by atoms with van der Waals surface area (Å²) in [4.78, 5) is 5.99. The van der Waals surface area contributed by atoms with Crippen LogP contribution in [-0.4, -0.2) is 32.3 Å². The summed E-state index contributed by atoms with van der Waals surface area (Å²) in [6.45, 7) is 5.91. The molecular weight excluding hydrogens is 366 g/mol. The normalized spacial score (nSPS) is 17.1. The number of ether oxygens (including phenoxy) is 1. The van der Waals surface area contributed by atoms with Crippen LogP contribution >= 0.6 is 22.9 Å². The van der Waals surface area contributed by atoms with Crippen molar-refractivity contribution in [2.75, 3.05) is 26.3 Å². The van der Waals surface area contributed by atoms with Crippen LogP contribution in [0.3, 0.4) is 0 Å². The van der Waals surface area contributed by atoms with Gasteiger partial charge < -0.3 is 15.4 Å². The molecule has 26 heavy (non-hydrogen) atoms. The first kappa shape index (κ1) is 19.2. The van der Waals surface area contributed by atoms with Gasteiger partial charge in [0.1, 0.15) is 0 Å². The Hall–Kier alpha value is -1.56. The molecule has 1 fully saturated rings. The Morgan fingerprint density at radius 2 is 2.00 bits per heavy atom. The van der Waals surface area contributed by atoms with Crippen molar-refractivity contribution in [1.29, 1.82) is 0 Å². The summed E-state index contributed by atoms with van der Waals surface area (Å²) in [6.07, 6.45) is 1.90. The molecule has 0 aliphatic carbocycles. The molecular formula is C20H26ClN3OS. The van der Waals surface area contributed by atoms with E-state index < -0.39 is 0 Å². The second-order valence-corrected chi connectivity index (χ2v) is 7.94. The second-order valence-electron chi connectivity index (χ2n) is 6.50. The van der Waals surface area contributed by atoms with Crippen LogP contribution in [0.5, 0.6) is 0 Å². The van der Waals surface area contributed by atoms with Crippen LogP contribution in [0.1, 0.15) is 30.2 Å². The molecule has 0 spiro atoms. The molecule has 1 aliphatic rings. The monoisotopic (exact) mass is 391 g/mol. The molecule has 140 valence electrons. The van der Waals surface area contributed by atoms with Crippen molar-refractivity contribution in [1.82, 2.24) is 10.6 Å². The Kier molecular flexibility index (Phi) is 6.94. The van der Waals surface area contributed by atoms with Gasteiger partial charge in [0.2, 0.25) is 0 Å². The van der Waals surface area contributed by atoms with E-state index in [1.807, 2.05) is 12.1 Å². The molecule has 6 heteroatoms. The number of halogens is 1. The van der Waals surface area contributed by atoms with Gasteiger partial charge in [0, 0.05) is 41.6 Å². The van der Waals surface area contributed by atoms with Crippen molar-refractivity contribution in [2.24, 2.45) is 4.99 Å². The zero-order chi connectivity index (χ0) is 18.2. The van der Waals surface area contributed by atoms with E-state index in [9.17, 15) is 0 Å². The van der Waals surface area contributed by atoms with Gasteiger partial charge in [0.05, 0.1) is 6.54 Å². The number of rotatable bonds is 6. The molecule has 0 bridgehead atoms. The summed E-state index contributed by atoms with van der Waals surface area (Å²) in [7, 11) is 0. The average Bonchev–Trinajstić information content (AvgIpc) is 3.19. The van der Waals surface area contributed by atoms with Gasteiger partial charge in [-0.2, -0.15) is 0 Å². The molecule has 2 aromatic rings. The van der Waals surface area contributed by atoms with Gasteiger partial charge in [-0.15, -0.1) is 11.3 Å². The molecule has 1 aromatic heterocycles. The highest BCUT2D eigenvalue weighted by Crippen LogP contribution is 2.38. The third-order valence-electron chi connectivity index (χ3n) is 4.81. The number of thiophene rings is 1. The van der Waals surface area contributed by atoms with Crippen molar-refractivity contribution in [3.8, 4) is 0 Å². The second kappa shape index (κ2) is 9.40. The first-order chi connectivity index (χ1) is 12.7. The fourth-order valence-electron chi connectivity index (χ4n) is 3.35. The van der Waals surface area contributed by atoms with Crippen LogP contribution in [0.2, 0.25) is 5.02 Å². The summed E-state index contributed by atoms with van der Waals surface area (Å²) in [5.41, 5.74) is 1.17. The Morgan fingerprint density at radius 3 is 2.69 bits per heavy atom. The highest BCUT2D eigenvalue weighted by molar-refractivity contribution is 7.09. The maximum atomic E-state index is 6.54. The summed E-state index contributed by atoms with van der Waals surface area (Å²) in [6, 6.07) is 12.3. The summed E-state index contributed by atoms with van der Waals surface area (Å²) in [5.74, 6) is 0.846. The standard InChI is InChI=1S/C20H26ClN3OS/c1-2-22-19(23-14-16-6-5-13-26-16)24-15-20(9-11-25-12-10-20)17-7-3-4-8-18(17)21/h3-8,13H,2,9-12,14-15H2,1H3,(H2,22,23,24). The van der Waals surface area contributed by atoms with Gasteiger partial charge in [0.15, 0.2) is 5.96 Å². The van der Waals surface area contributed by atoms with Crippen LogP contribution in [-0.2, 0) is 16.7 Å². The number of benzene rings is 1. The van der Waals surface area contributed by atoms with Crippen LogP contribution < -0.4 is 10.6 Å². The number of nitrogens with one attached hydrogen (secondary N) is 2. The van der Waals surface area contributed by atoms with E-state index >= 15 is 0 Å². The van der Waals surface area contributed by atoms with E-state index in [4.69, 9.17) is 21.3 Å². The van der Waals surface area contributed by atoms with Gasteiger partial charge in [0.25, 0.3) is 0 Å². The van der Waals surface area contributed by atoms with Crippen molar-refractivity contribution >= 4 is 28.9 Å². The highest BCUT2D eigenvalue weighted by Gasteiger charge is 2.36. The molecule has 3 rings (SSSR count). The fourth-order valence-corrected chi connectivity index (χ4v) is 4.31. The molecule has 0 atom stereocenters. The summed E-state index contributed by atoms with van der Waals surface area (Å²) >= 11 is 8.27. The van der Waals surface area contributed by atoms with E-state index in [-0.39, 0.29) is 5.41 Å². The summed E-state index contributed by atoms with van der Waals surface area (Å²) in [5, 5.41) is 9.81. The van der Waals surface area contributed by atoms with Crippen molar-refractivity contribution in [3.05, 3.63) is 57.2 Å². The smallest absolute Gasteiger partial charge is 0.191 e. The number of nitrogens with zero attached hydrogens (tertiary/aromatic N) is 1. The predicted molar refractivity (Wildman–Crippen MR) is 110 cm³/mol. The zero-order valence-corrected chi connectivity index (χ0v) is 16.7. The Balaban J connectivity index is 1.75. The van der Waals surface area contributed by atoms with Gasteiger partial charge in [-0.1, -0.05) is 35.9 Å². The first-order valence-electron chi connectivity index (χ1n) is 9.11. The lowest BCUT2D eigenvalue weighted by Crippen LogP contribution is -2.48. The first-order valence-corrected chi connectivity index (χ1v) is 10.4. The molecule has 1 aliphatic heterocycles. The molecule has 0 saturated carbocycles. The molecule has 2 heterocycles. The van der Waals surface area contributed by atoms with E-state index in [1.54, 1.807) is 11.3 Å². The fraction of sp³-hybridized carbons (Fsp3) is 0.450. The molecule has 0 unspecified atom stereocenters. The van der Waals surface area contributed by atoms with Gasteiger partial charge in [-0.3, -0.25) is 0 Å². The number of hydrogen-bond donors (Lipinski definition) is 2. The van der Waals surface area contributed by atoms with E-state index in [1.165, 1.54) is 10.4 Å². The van der Waals surface area contributed by atoms with Crippen LogP contribution in [0.15, 0.2) is 46.8 Å². The lowest BCUT2D eigenvalue weighted by Gasteiger charge is -2.38. The van der Waals surface area contributed by atoms with Gasteiger partial charge in [-0.05, 0) is 42.8 Å². The number of hydrogen-bond acceptors (Lipinski definition) is 3. The third-order valence-corrected chi connectivity index (χ3v) is 6.00. The minimum Gasteiger partial charge on any atom is -0.381 e. The van der Waals surface area contributed by atoms with E-state index in [0.29, 0.717) is 6.54 Å². The van der Waals surface area contributed by atoms with Crippen LogP contribution in [0.4, 0.5) is 0 Å². The number of aliphatic imine (C=N–C) groups is 1. The maximum Gasteiger partial charge on any atom is 0.191 e. The molecule has 1 saturated heterocycles. The quantitative estimate of drug-likeness (QED) is 0.572. The average molecular weight is 392 g/mol. The third kappa shape index (κ3) is 4.78. The lowest BCUT2D eigenvalue weighted by atomic mass is 9.74. The Morgan fingerprint density at radius 1 is 1.19 bits per heavy atom. The van der Waals surface area contributed by atoms with Gasteiger partial charge in [-0.25, -0.2) is 4.99 Å². The minimum absolute atomic E-state index is 0.0320. The lowest BCUT2D eigenvalue weighted by molar-refractivity contribution is 0.0514. The van der Waals surface area contributed by atoms with Crippen molar-refractivity contribution in [3.63, 3.8) is 0 Å². The van der Waals surface area contributed by atoms with Crippen molar-refractivity contribution < 1.29 is 4.74 Å². The van der Waals surface area contributed by atoms with Crippen LogP contribution in [0, 0.1) is 0 Å². The van der Waals surface area contributed by atoms with Gasteiger partial charge >= 0.3 is 0 Å². The van der Waals surface area contributed by atoms with E-state index in [2.05, 4.69) is 47.2 Å². The predicted octanol–water partition coefficient (Wildman–Crippen LogP) is 4.21. The summed E-state index contributed by atoms with van der Waals surface area (Å²) < 4.78 is 5.62. The van der Waals surface area contributed by atoms with Crippen molar-refractivity contribution in [2.45, 2.75) is 31.7 Å². The van der Waals surface area contributed by atoms with E-state index in [0.717, 1.165) is 50.1 Å². The molecule has 4 nitrogen and oxygen atoms in total. The molecule has 2 N–H and O–H groups in total. The SMILES string of the molecule is CCNC(=NCc1cccs1)NCC1(c2ccccc2Cl)CCOCC1. The zero-order valence-electron chi connectivity index (χ0n) is 15.1. The molecule has 1 aromatic carbocycles. The highest BCUT2D eigenvalue weighted by atomic mass is 35.5. The molecule has 0 amide bonds. The Labute approximate surface area is 164 Å². The molecule has 0 radical (unpaired) electrons. The largest absolute Gasteiger partial charge is 0.381 e. The topological polar surface area (TPSA) is 45.7 Å². The number of guanidine groups is 1.